The van der Waals surface area contributed by atoms with E-state index in [9.17, 15) is 14.7 Å². The second-order valence-electron chi connectivity index (χ2n) is 6.39. The fraction of sp³-hybridized carbons (Fsp3) is 0.556. The van der Waals surface area contributed by atoms with Gasteiger partial charge in [-0.05, 0) is 17.7 Å². The van der Waals surface area contributed by atoms with Gasteiger partial charge in [-0.3, -0.25) is 4.79 Å². The third-order valence-electron chi connectivity index (χ3n) is 4.60. The number of hydrogen-bond donors (Lipinski definition) is 2. The molecule has 26 heavy (non-hydrogen) atoms. The van der Waals surface area contributed by atoms with Crippen LogP contribution in [0, 0.1) is 11.8 Å². The van der Waals surface area contributed by atoms with Gasteiger partial charge in [0.2, 0.25) is 6.29 Å². The van der Waals surface area contributed by atoms with Gasteiger partial charge in [0, 0.05) is 18.8 Å². The smallest absolute Gasteiger partial charge is 0.339 e. The van der Waals surface area contributed by atoms with Crippen molar-refractivity contribution >= 4 is 17.6 Å². The second kappa shape index (κ2) is 8.37. The summed E-state index contributed by atoms with van der Waals surface area (Å²) in [5.74, 6) is -1.26. The molecule has 8 nitrogen and oxygen atoms in total. The topological polar surface area (TPSA) is 117 Å². The van der Waals surface area contributed by atoms with E-state index in [2.05, 4.69) is 0 Å². The van der Waals surface area contributed by atoms with Gasteiger partial charge in [0.05, 0.1) is 19.4 Å². The first-order valence-electron chi connectivity index (χ1n) is 8.34. The highest BCUT2D eigenvalue weighted by Crippen LogP contribution is 2.36. The van der Waals surface area contributed by atoms with Gasteiger partial charge in [0.1, 0.15) is 11.9 Å². The number of aliphatic hydroxyl groups is 1. The Morgan fingerprint density at radius 1 is 1.27 bits per heavy atom. The first kappa shape index (κ1) is 20.0. The molecular formula is C18H25NO7. The largest absolute Gasteiger partial charge is 0.467 e. The summed E-state index contributed by atoms with van der Waals surface area (Å²) >= 11 is 0. The third-order valence-corrected chi connectivity index (χ3v) is 4.60. The van der Waals surface area contributed by atoms with Gasteiger partial charge in [-0.2, -0.15) is 0 Å². The molecule has 0 unspecified atom stereocenters. The maximum absolute atomic E-state index is 12.1. The molecule has 8 heteroatoms. The van der Waals surface area contributed by atoms with Crippen LogP contribution in [-0.2, 0) is 30.4 Å². The van der Waals surface area contributed by atoms with Gasteiger partial charge in [-0.25, -0.2) is 4.79 Å². The van der Waals surface area contributed by atoms with E-state index in [0.717, 1.165) is 0 Å². The molecule has 1 fully saturated rings. The molecule has 1 aliphatic heterocycles. The number of carbonyl (C=O) groups excluding carboxylic acids is 2. The number of nitrogens with two attached hydrogens (primary N) is 1. The number of ether oxygens (including phenoxy) is 4. The fourth-order valence-corrected chi connectivity index (χ4v) is 2.87. The van der Waals surface area contributed by atoms with Crippen molar-refractivity contribution in [2.75, 3.05) is 12.8 Å². The maximum atomic E-state index is 12.1. The number of rotatable bonds is 5. The van der Waals surface area contributed by atoms with E-state index in [1.165, 1.54) is 14.0 Å². The average Bonchev–Trinajstić information content (AvgIpc) is 2.62. The number of anilines is 1. The SMILES string of the molecule is COC(=O)[C@H]1O[C@@H](Oc2cc(CO)ccc2N)[C@H](C)[C@@H](C)[C@@H]1OC(C)=O. The summed E-state index contributed by atoms with van der Waals surface area (Å²) in [5, 5.41) is 9.28. The minimum absolute atomic E-state index is 0.159. The Bertz CT molecular complexity index is 663. The molecule has 0 aromatic heterocycles. The van der Waals surface area contributed by atoms with E-state index in [0.29, 0.717) is 17.0 Å². The molecule has 0 spiro atoms. The molecule has 1 saturated heterocycles. The Labute approximate surface area is 152 Å². The molecule has 1 heterocycles. The molecule has 0 saturated carbocycles. The van der Waals surface area contributed by atoms with Gasteiger partial charge in [-0.15, -0.1) is 0 Å². The van der Waals surface area contributed by atoms with Gasteiger partial charge >= 0.3 is 11.9 Å². The van der Waals surface area contributed by atoms with Gasteiger partial charge in [0.25, 0.3) is 0 Å². The maximum Gasteiger partial charge on any atom is 0.339 e. The fourth-order valence-electron chi connectivity index (χ4n) is 2.87. The first-order valence-corrected chi connectivity index (χ1v) is 8.34. The summed E-state index contributed by atoms with van der Waals surface area (Å²) in [6.45, 7) is 4.83. The lowest BCUT2D eigenvalue weighted by atomic mass is 9.84. The molecule has 1 aromatic rings. The van der Waals surface area contributed by atoms with Crippen LogP contribution in [0.5, 0.6) is 5.75 Å². The Hall–Kier alpha value is -2.32. The average molecular weight is 367 g/mol. The van der Waals surface area contributed by atoms with Crippen molar-refractivity contribution < 1.29 is 33.6 Å². The van der Waals surface area contributed by atoms with Gasteiger partial charge in [0.15, 0.2) is 6.10 Å². The number of esters is 2. The van der Waals surface area contributed by atoms with Crippen LogP contribution in [0.1, 0.15) is 26.3 Å². The van der Waals surface area contributed by atoms with Crippen molar-refractivity contribution in [2.24, 2.45) is 11.8 Å². The third kappa shape index (κ3) is 4.25. The number of methoxy groups -OCH3 is 1. The lowest BCUT2D eigenvalue weighted by Gasteiger charge is -2.42. The van der Waals surface area contributed by atoms with E-state index in [1.807, 2.05) is 13.8 Å². The zero-order valence-corrected chi connectivity index (χ0v) is 15.3. The van der Waals surface area contributed by atoms with E-state index < -0.39 is 30.4 Å². The number of hydrogen-bond acceptors (Lipinski definition) is 8. The molecule has 5 atom stereocenters. The zero-order valence-electron chi connectivity index (χ0n) is 15.3. The number of aliphatic hydroxyl groups excluding tert-OH is 1. The highest BCUT2D eigenvalue weighted by Gasteiger charge is 2.48. The van der Waals surface area contributed by atoms with Crippen LogP contribution in [0.3, 0.4) is 0 Å². The highest BCUT2D eigenvalue weighted by atomic mass is 16.7. The number of benzene rings is 1. The molecule has 1 aliphatic rings. The van der Waals surface area contributed by atoms with Crippen LogP contribution in [-0.4, -0.2) is 42.7 Å². The standard InChI is InChI=1S/C18H25NO7/c1-9-10(2)18(25-14-7-12(8-20)5-6-13(14)19)26-16(17(22)23-4)15(9)24-11(3)21/h5-7,9-10,15-16,18,20H,8,19H2,1-4H3/t9-,10-,15+,16+,18-/m1/s1. The summed E-state index contributed by atoms with van der Waals surface area (Å²) in [7, 11) is 1.23. The molecule has 0 radical (unpaired) electrons. The highest BCUT2D eigenvalue weighted by molar-refractivity contribution is 5.76. The van der Waals surface area contributed by atoms with Crippen molar-refractivity contribution in [3.8, 4) is 5.75 Å². The summed E-state index contributed by atoms with van der Waals surface area (Å²) in [5.41, 5.74) is 6.94. The van der Waals surface area contributed by atoms with E-state index in [-0.39, 0.29) is 18.4 Å². The Balaban J connectivity index is 2.27. The molecule has 0 aliphatic carbocycles. The zero-order chi connectivity index (χ0) is 19.4. The molecule has 144 valence electrons. The quantitative estimate of drug-likeness (QED) is 0.590. The summed E-state index contributed by atoms with van der Waals surface area (Å²) < 4.78 is 21.7. The van der Waals surface area contributed by atoms with Gasteiger partial charge in [-0.1, -0.05) is 19.9 Å². The summed E-state index contributed by atoms with van der Waals surface area (Å²) in [6.07, 6.45) is -2.70. The molecule has 0 bridgehead atoms. The number of nitrogen functional groups attached to an aromatic ring is 1. The Morgan fingerprint density at radius 3 is 2.54 bits per heavy atom. The summed E-state index contributed by atoms with van der Waals surface area (Å²) in [4.78, 5) is 23.5. The van der Waals surface area contributed by atoms with Crippen molar-refractivity contribution in [1.29, 1.82) is 0 Å². The number of carbonyl (C=O) groups is 2. The lowest BCUT2D eigenvalue weighted by molar-refractivity contribution is -0.243. The van der Waals surface area contributed by atoms with Crippen LogP contribution in [0.25, 0.3) is 0 Å². The van der Waals surface area contributed by atoms with Crippen molar-refractivity contribution in [2.45, 2.75) is 45.9 Å². The van der Waals surface area contributed by atoms with Crippen LogP contribution in [0.15, 0.2) is 18.2 Å². The van der Waals surface area contributed by atoms with Crippen molar-refractivity contribution in [3.63, 3.8) is 0 Å². The Morgan fingerprint density at radius 2 is 1.96 bits per heavy atom. The second-order valence-corrected chi connectivity index (χ2v) is 6.39. The minimum atomic E-state index is -1.11. The molecular weight excluding hydrogens is 342 g/mol. The van der Waals surface area contributed by atoms with E-state index >= 15 is 0 Å². The van der Waals surface area contributed by atoms with Crippen LogP contribution < -0.4 is 10.5 Å². The lowest BCUT2D eigenvalue weighted by Crippen LogP contribution is -2.55. The molecule has 0 amide bonds. The Kier molecular flexibility index (Phi) is 6.44. The van der Waals surface area contributed by atoms with E-state index in [4.69, 9.17) is 24.7 Å². The monoisotopic (exact) mass is 367 g/mol. The van der Waals surface area contributed by atoms with Crippen molar-refractivity contribution in [1.82, 2.24) is 0 Å². The summed E-state index contributed by atoms with van der Waals surface area (Å²) in [6, 6.07) is 4.92. The molecule has 1 aromatic carbocycles. The van der Waals surface area contributed by atoms with Crippen LogP contribution >= 0.6 is 0 Å². The molecule has 3 N–H and O–H groups in total. The van der Waals surface area contributed by atoms with Crippen LogP contribution in [0.2, 0.25) is 0 Å². The van der Waals surface area contributed by atoms with Gasteiger partial charge < -0.3 is 29.8 Å². The van der Waals surface area contributed by atoms with Crippen LogP contribution in [0.4, 0.5) is 5.69 Å². The first-order chi connectivity index (χ1) is 12.3. The normalized spacial score (nSPS) is 28.3. The van der Waals surface area contributed by atoms with Crippen molar-refractivity contribution in [3.05, 3.63) is 23.8 Å². The predicted octanol–water partition coefficient (Wildman–Crippen LogP) is 1.24. The minimum Gasteiger partial charge on any atom is -0.467 e. The predicted molar refractivity (Wildman–Crippen MR) is 92.0 cm³/mol. The van der Waals surface area contributed by atoms with E-state index in [1.54, 1.807) is 18.2 Å². The molecule has 2 rings (SSSR count).